The molecular formula is C32H52BBrN7O9S. The number of hydrogen-bond donors (Lipinski definition) is 2. The van der Waals surface area contributed by atoms with Gasteiger partial charge in [0.1, 0.15) is 22.4 Å². The molecule has 0 unspecified atom stereocenters. The third-order valence-corrected chi connectivity index (χ3v) is 4.89. The fraction of sp³-hybridized carbons (Fsp3) is 0.594. The van der Waals surface area contributed by atoms with Crippen LogP contribution in [-0.4, -0.2) is 84.3 Å². The third-order valence-electron chi connectivity index (χ3n) is 4.24. The summed E-state index contributed by atoms with van der Waals surface area (Å²) in [4.78, 5) is 44.8. The number of thiol groups is 1. The predicted molar refractivity (Wildman–Crippen MR) is 199 cm³/mol. The second kappa shape index (κ2) is 22.7. The van der Waals surface area contributed by atoms with Crippen molar-refractivity contribution in [2.24, 2.45) is 4.30 Å². The van der Waals surface area contributed by atoms with Gasteiger partial charge in [-0.15, -0.1) is 0 Å². The maximum absolute atomic E-state index is 11.5. The normalized spacial score (nSPS) is 10.8. The number of carbonyl (C=O) groups is 4. The first-order chi connectivity index (χ1) is 23.1. The molecule has 1 radical (unpaired) electrons. The number of carbonyl (C=O) groups excluding carboxylic acids is 4. The zero-order valence-corrected chi connectivity index (χ0v) is 34.4. The second-order valence-electron chi connectivity index (χ2n) is 14.3. The molecule has 51 heavy (non-hydrogen) atoms. The van der Waals surface area contributed by atoms with E-state index < -0.39 is 46.9 Å². The molecule has 19 heteroatoms. The van der Waals surface area contributed by atoms with E-state index in [1.165, 1.54) is 14.9 Å². The van der Waals surface area contributed by atoms with Crippen molar-refractivity contribution in [1.82, 2.24) is 29.8 Å². The summed E-state index contributed by atoms with van der Waals surface area (Å²) in [5.41, 5.74) is 0.698. The van der Waals surface area contributed by atoms with Crippen LogP contribution in [0.2, 0.25) is 0 Å². The molecule has 0 saturated heterocycles. The molecule has 0 saturated carbocycles. The number of aromatic amines is 1. The topological polar surface area (TPSA) is 191 Å². The minimum atomic E-state index is -1.06. The Morgan fingerprint density at radius 1 is 0.725 bits per heavy atom. The van der Waals surface area contributed by atoms with Gasteiger partial charge in [-0.2, -0.15) is 24.7 Å². The standard InChI is InChI=1S/C10H18O5.C9H13BrN2O2.C9H14N2O2.C4H6N2.BHNS/c1-9(2,3)14-7(11)13-8(12)15-10(4,5)6;1-9(2,3)14-8(13)12-6-7(4-10)5-11-12;1-7-5-10-11(6-7)8(12)13-9(2,3)4;1-4-2-5-6-3-4;1-2-3/h1-6H3;5-6H,4H2,1-3H3;5-6H,1-4H3;2-3H,1H3,(H,5,6);3H. The molecule has 0 aliphatic carbocycles. The van der Waals surface area contributed by atoms with Gasteiger partial charge in [0.05, 0.1) is 18.6 Å². The van der Waals surface area contributed by atoms with Crippen LogP contribution in [0.4, 0.5) is 19.2 Å². The number of aromatic nitrogens is 6. The number of hydrogen-bond acceptors (Lipinski definition) is 14. The molecule has 1 N–H and O–H groups in total. The second-order valence-corrected chi connectivity index (χ2v) is 15.1. The minimum absolute atomic E-state index is 0.444. The summed E-state index contributed by atoms with van der Waals surface area (Å²) in [6, 6.07) is 0. The van der Waals surface area contributed by atoms with Crippen LogP contribution in [0.1, 0.15) is 99.8 Å². The van der Waals surface area contributed by atoms with Crippen LogP contribution in [0, 0.1) is 13.8 Å². The Hall–Kier alpha value is -4.00. The Morgan fingerprint density at radius 3 is 1.37 bits per heavy atom. The molecule has 0 aromatic carbocycles. The van der Waals surface area contributed by atoms with Crippen molar-refractivity contribution >= 4 is 60.9 Å². The molecule has 0 amide bonds. The van der Waals surface area contributed by atoms with Gasteiger partial charge < -0.3 is 23.7 Å². The van der Waals surface area contributed by atoms with E-state index >= 15 is 0 Å². The predicted octanol–water partition coefficient (Wildman–Crippen LogP) is 8.31. The summed E-state index contributed by atoms with van der Waals surface area (Å²) in [7, 11) is 4.34. The van der Waals surface area contributed by atoms with Crippen molar-refractivity contribution in [2.75, 3.05) is 0 Å². The Bertz CT molecular complexity index is 1460. The fourth-order valence-electron chi connectivity index (χ4n) is 2.58. The van der Waals surface area contributed by atoms with E-state index in [0.29, 0.717) is 5.33 Å². The van der Waals surface area contributed by atoms with E-state index in [-0.39, 0.29) is 0 Å². The fourth-order valence-corrected chi connectivity index (χ4v) is 2.87. The van der Waals surface area contributed by atoms with Crippen molar-refractivity contribution < 1.29 is 42.9 Å². The SMILES string of the molecule is CC(C)(C)OC(=O)OC(=O)OC(C)(C)C.CC(C)(C)OC(=O)n1cc(CBr)cn1.Cc1cn[nH]c1.Cc1cnn(C(=O)OC(C)(C)C)c1.[B]=NS. The third kappa shape index (κ3) is 29.4. The van der Waals surface area contributed by atoms with Gasteiger partial charge in [0.25, 0.3) is 0 Å². The molecule has 0 spiro atoms. The van der Waals surface area contributed by atoms with Gasteiger partial charge in [-0.3, -0.25) is 5.10 Å². The first kappa shape index (κ1) is 49.1. The van der Waals surface area contributed by atoms with Crippen LogP contribution in [-0.2, 0) is 29.0 Å². The number of rotatable bonds is 1. The molecule has 3 aromatic rings. The van der Waals surface area contributed by atoms with Gasteiger partial charge in [-0.25, -0.2) is 19.2 Å². The van der Waals surface area contributed by atoms with Gasteiger partial charge in [0.2, 0.25) is 0 Å². The summed E-state index contributed by atoms with van der Waals surface area (Å²) >= 11 is 6.47. The molecule has 0 fully saturated rings. The van der Waals surface area contributed by atoms with Gasteiger partial charge in [-0.1, -0.05) is 15.9 Å². The molecule has 0 aliphatic heterocycles. The zero-order valence-electron chi connectivity index (χ0n) is 31.9. The molecule has 3 rings (SSSR count). The summed E-state index contributed by atoms with van der Waals surface area (Å²) < 4.78 is 29.1. The van der Waals surface area contributed by atoms with Gasteiger partial charge >= 0.3 is 49.3 Å². The Balaban J connectivity index is 0. The number of halogens is 1. The summed E-state index contributed by atoms with van der Waals surface area (Å²) in [5, 5.41) is 14.8. The maximum atomic E-state index is 11.5. The summed E-state index contributed by atoms with van der Waals surface area (Å²) in [5.74, 6) is 0. The van der Waals surface area contributed by atoms with E-state index in [1.54, 1.807) is 72.5 Å². The zero-order chi connectivity index (χ0) is 40.2. The summed E-state index contributed by atoms with van der Waals surface area (Å²) in [6.07, 6.45) is 7.12. The van der Waals surface area contributed by atoms with E-state index in [4.69, 9.17) is 18.9 Å². The van der Waals surface area contributed by atoms with Crippen molar-refractivity contribution in [3.8, 4) is 0 Å². The Morgan fingerprint density at radius 2 is 1.12 bits per heavy atom. The average molecular weight is 802 g/mol. The van der Waals surface area contributed by atoms with Crippen molar-refractivity contribution in [1.29, 1.82) is 0 Å². The number of nitrogens with one attached hydrogen (secondary N) is 1. The van der Waals surface area contributed by atoms with Crippen molar-refractivity contribution in [2.45, 2.75) is 125 Å². The van der Waals surface area contributed by atoms with Gasteiger partial charge in [0.15, 0.2) is 0 Å². The average Bonchev–Trinajstić information content (AvgIpc) is 3.68. The van der Waals surface area contributed by atoms with Crippen LogP contribution in [0.15, 0.2) is 41.5 Å². The monoisotopic (exact) mass is 800 g/mol. The number of alkyl halides is 1. The van der Waals surface area contributed by atoms with Crippen LogP contribution >= 0.6 is 28.7 Å². The number of H-pyrrole nitrogens is 1. The van der Waals surface area contributed by atoms with Crippen LogP contribution in [0.3, 0.4) is 0 Å². The molecule has 0 bridgehead atoms. The number of nitrogens with zero attached hydrogens (tertiary/aromatic N) is 6. The molecule has 285 valence electrons. The van der Waals surface area contributed by atoms with Crippen LogP contribution in [0.25, 0.3) is 0 Å². The van der Waals surface area contributed by atoms with Crippen molar-refractivity contribution in [3.63, 3.8) is 0 Å². The molecule has 0 atom stereocenters. The summed E-state index contributed by atoms with van der Waals surface area (Å²) in [6.45, 7) is 24.8. The van der Waals surface area contributed by atoms with Crippen LogP contribution < -0.4 is 0 Å². The molecule has 3 heterocycles. The van der Waals surface area contributed by atoms with E-state index in [0.717, 1.165) is 11.1 Å². The number of ether oxygens (including phenoxy) is 5. The molecular weight excluding hydrogens is 749 g/mol. The van der Waals surface area contributed by atoms with Crippen molar-refractivity contribution in [3.05, 3.63) is 53.9 Å². The Labute approximate surface area is 315 Å². The quantitative estimate of drug-likeness (QED) is 0.0598. The first-order valence-electron chi connectivity index (χ1n) is 15.3. The molecule has 3 aromatic heterocycles. The number of aryl methyl sites for hydroxylation is 2. The van der Waals surface area contributed by atoms with Gasteiger partial charge in [-0.05, 0) is 108 Å². The molecule has 0 aliphatic rings. The first-order valence-corrected chi connectivity index (χ1v) is 16.8. The Kier molecular flexibility index (Phi) is 21.9. The van der Waals surface area contributed by atoms with E-state index in [2.05, 4.69) is 65.8 Å². The van der Waals surface area contributed by atoms with Crippen LogP contribution in [0.5, 0.6) is 0 Å². The molecule has 16 nitrogen and oxygen atoms in total. The van der Waals surface area contributed by atoms with E-state index in [1.807, 2.05) is 61.6 Å². The van der Waals surface area contributed by atoms with Gasteiger partial charge in [0, 0.05) is 29.5 Å². The van der Waals surface area contributed by atoms with E-state index in [9.17, 15) is 19.2 Å².